The molecule has 1 aliphatic carbocycles. The number of fused-ring (bicyclic) bond motifs is 2. The van der Waals surface area contributed by atoms with Crippen LogP contribution in [0, 0.1) is 5.92 Å². The summed E-state index contributed by atoms with van der Waals surface area (Å²) in [5.41, 5.74) is 2.92. The Morgan fingerprint density at radius 3 is 2.69 bits per heavy atom. The first kappa shape index (κ1) is 9.71. The number of hydrogen-bond acceptors (Lipinski definition) is 1. The van der Waals surface area contributed by atoms with Gasteiger partial charge in [-0.05, 0) is 11.6 Å². The maximum atomic E-state index is 3.62. The third-order valence-corrected chi connectivity index (χ3v) is 3.91. The number of para-hydroxylation sites is 1. The zero-order chi connectivity index (χ0) is 11.2. The van der Waals surface area contributed by atoms with Crippen LogP contribution < -0.4 is 5.32 Å². The van der Waals surface area contributed by atoms with Crippen LogP contribution in [0.15, 0.2) is 48.6 Å². The molecule has 1 aromatic carbocycles. The molecule has 1 heteroatoms. The SMILES string of the molecule is CC1(C)c2ccccc2NC2C=CC=CC21. The highest BCUT2D eigenvalue weighted by atomic mass is 15.0. The third kappa shape index (κ3) is 1.24. The highest BCUT2D eigenvalue weighted by molar-refractivity contribution is 5.60. The fraction of sp³-hybridized carbons (Fsp3) is 0.333. The second kappa shape index (κ2) is 3.24. The van der Waals surface area contributed by atoms with Crippen molar-refractivity contribution in [3.63, 3.8) is 0 Å². The van der Waals surface area contributed by atoms with Crippen molar-refractivity contribution in [2.75, 3.05) is 5.32 Å². The minimum Gasteiger partial charge on any atom is -0.378 e. The van der Waals surface area contributed by atoms with Gasteiger partial charge in [-0.15, -0.1) is 0 Å². The molecule has 82 valence electrons. The molecule has 1 nitrogen and oxygen atoms in total. The lowest BCUT2D eigenvalue weighted by Gasteiger charge is -2.44. The van der Waals surface area contributed by atoms with E-state index in [-0.39, 0.29) is 5.41 Å². The van der Waals surface area contributed by atoms with Crippen molar-refractivity contribution < 1.29 is 0 Å². The predicted molar refractivity (Wildman–Crippen MR) is 68.6 cm³/mol. The maximum Gasteiger partial charge on any atom is 0.0518 e. The fourth-order valence-corrected chi connectivity index (χ4v) is 2.96. The van der Waals surface area contributed by atoms with Crippen molar-refractivity contribution in [1.29, 1.82) is 0 Å². The number of allylic oxidation sites excluding steroid dienone is 2. The van der Waals surface area contributed by atoms with Crippen molar-refractivity contribution in [1.82, 2.24) is 0 Å². The lowest BCUT2D eigenvalue weighted by molar-refractivity contribution is 0.349. The van der Waals surface area contributed by atoms with E-state index in [1.807, 2.05) is 0 Å². The Kier molecular flexibility index (Phi) is 1.97. The standard InChI is InChI=1S/C15H17N/c1-15(2)11-7-3-5-9-13(11)16-14-10-6-4-8-12(14)15/h3-11,13,16H,1-2H3. The first-order valence-corrected chi connectivity index (χ1v) is 5.90. The molecule has 0 bridgehead atoms. The zero-order valence-corrected chi connectivity index (χ0v) is 9.77. The summed E-state index contributed by atoms with van der Waals surface area (Å²) >= 11 is 0. The van der Waals surface area contributed by atoms with Gasteiger partial charge in [-0.3, -0.25) is 0 Å². The molecule has 0 spiro atoms. The lowest BCUT2D eigenvalue weighted by Crippen LogP contribution is -2.44. The summed E-state index contributed by atoms with van der Waals surface area (Å²) in [4.78, 5) is 0. The van der Waals surface area contributed by atoms with Crippen molar-refractivity contribution in [3.8, 4) is 0 Å². The van der Waals surface area contributed by atoms with Crippen LogP contribution in [0.25, 0.3) is 0 Å². The van der Waals surface area contributed by atoms with Gasteiger partial charge in [0.1, 0.15) is 0 Å². The maximum absolute atomic E-state index is 3.62. The molecule has 0 saturated carbocycles. The smallest absolute Gasteiger partial charge is 0.0518 e. The molecule has 0 fully saturated rings. The second-order valence-electron chi connectivity index (χ2n) is 5.23. The molecule has 1 N–H and O–H groups in total. The zero-order valence-electron chi connectivity index (χ0n) is 9.77. The van der Waals surface area contributed by atoms with Gasteiger partial charge in [0.15, 0.2) is 0 Å². The van der Waals surface area contributed by atoms with Gasteiger partial charge in [-0.1, -0.05) is 56.4 Å². The van der Waals surface area contributed by atoms with E-state index in [2.05, 4.69) is 67.7 Å². The van der Waals surface area contributed by atoms with Crippen LogP contribution in [0.1, 0.15) is 19.4 Å². The molecule has 1 aliphatic heterocycles. The highest BCUT2D eigenvalue weighted by Gasteiger charge is 2.40. The van der Waals surface area contributed by atoms with Crippen molar-refractivity contribution >= 4 is 5.69 Å². The van der Waals surface area contributed by atoms with Gasteiger partial charge in [0, 0.05) is 17.0 Å². The lowest BCUT2D eigenvalue weighted by atomic mass is 9.66. The van der Waals surface area contributed by atoms with E-state index >= 15 is 0 Å². The van der Waals surface area contributed by atoms with E-state index in [1.165, 1.54) is 11.3 Å². The Labute approximate surface area is 96.9 Å². The normalized spacial score (nSPS) is 29.1. The summed E-state index contributed by atoms with van der Waals surface area (Å²) in [6, 6.07) is 9.09. The molecule has 0 radical (unpaired) electrons. The molecule has 0 amide bonds. The monoisotopic (exact) mass is 211 g/mol. The molecule has 2 atom stereocenters. The Balaban J connectivity index is 2.15. The number of hydrogen-bond donors (Lipinski definition) is 1. The van der Waals surface area contributed by atoms with E-state index in [9.17, 15) is 0 Å². The van der Waals surface area contributed by atoms with Crippen molar-refractivity contribution in [2.24, 2.45) is 5.92 Å². The van der Waals surface area contributed by atoms with Crippen LogP contribution >= 0.6 is 0 Å². The van der Waals surface area contributed by atoms with Gasteiger partial charge in [0.2, 0.25) is 0 Å². The van der Waals surface area contributed by atoms with Crippen molar-refractivity contribution in [2.45, 2.75) is 25.3 Å². The molecule has 3 rings (SSSR count). The van der Waals surface area contributed by atoms with Crippen LogP contribution in [-0.4, -0.2) is 6.04 Å². The second-order valence-corrected chi connectivity index (χ2v) is 5.23. The summed E-state index contributed by atoms with van der Waals surface area (Å²) in [7, 11) is 0. The van der Waals surface area contributed by atoms with E-state index in [4.69, 9.17) is 0 Å². The number of rotatable bonds is 0. The topological polar surface area (TPSA) is 12.0 Å². The fourth-order valence-electron chi connectivity index (χ4n) is 2.96. The number of nitrogens with one attached hydrogen (secondary N) is 1. The van der Waals surface area contributed by atoms with E-state index in [1.54, 1.807) is 0 Å². The van der Waals surface area contributed by atoms with Gasteiger partial charge in [-0.2, -0.15) is 0 Å². The van der Waals surface area contributed by atoms with Crippen LogP contribution in [0.5, 0.6) is 0 Å². The minimum absolute atomic E-state index is 0.202. The van der Waals surface area contributed by atoms with Crippen LogP contribution in [0.3, 0.4) is 0 Å². The average Bonchev–Trinajstić information content (AvgIpc) is 2.29. The van der Waals surface area contributed by atoms with Crippen LogP contribution in [0.2, 0.25) is 0 Å². The van der Waals surface area contributed by atoms with E-state index in [0.717, 1.165) is 0 Å². The summed E-state index contributed by atoms with van der Waals surface area (Å²) in [6.07, 6.45) is 8.90. The van der Waals surface area contributed by atoms with Gasteiger partial charge in [0.25, 0.3) is 0 Å². The largest absolute Gasteiger partial charge is 0.378 e. The van der Waals surface area contributed by atoms with Crippen LogP contribution in [-0.2, 0) is 5.41 Å². The predicted octanol–water partition coefficient (Wildman–Crippen LogP) is 3.50. The molecule has 0 saturated heterocycles. The average molecular weight is 211 g/mol. The Hall–Kier alpha value is -1.50. The number of benzene rings is 1. The van der Waals surface area contributed by atoms with Gasteiger partial charge < -0.3 is 5.32 Å². The molecule has 1 heterocycles. The van der Waals surface area contributed by atoms with E-state index in [0.29, 0.717) is 12.0 Å². The summed E-state index contributed by atoms with van der Waals surface area (Å²) in [6.45, 7) is 4.68. The summed E-state index contributed by atoms with van der Waals surface area (Å²) in [5.74, 6) is 0.549. The summed E-state index contributed by atoms with van der Waals surface area (Å²) in [5, 5.41) is 3.62. The first-order valence-electron chi connectivity index (χ1n) is 5.90. The van der Waals surface area contributed by atoms with Crippen LogP contribution in [0.4, 0.5) is 5.69 Å². The van der Waals surface area contributed by atoms with Gasteiger partial charge in [0.05, 0.1) is 6.04 Å². The molecular formula is C15H17N. The summed E-state index contributed by atoms with van der Waals surface area (Å²) < 4.78 is 0. The number of anilines is 1. The van der Waals surface area contributed by atoms with Gasteiger partial charge in [-0.25, -0.2) is 0 Å². The first-order chi connectivity index (χ1) is 7.69. The Morgan fingerprint density at radius 1 is 1.06 bits per heavy atom. The molecule has 1 aromatic rings. The Morgan fingerprint density at radius 2 is 1.81 bits per heavy atom. The molecule has 16 heavy (non-hydrogen) atoms. The quantitative estimate of drug-likeness (QED) is 0.692. The van der Waals surface area contributed by atoms with Gasteiger partial charge >= 0.3 is 0 Å². The third-order valence-electron chi connectivity index (χ3n) is 3.91. The molecule has 2 aliphatic rings. The van der Waals surface area contributed by atoms with E-state index < -0.39 is 0 Å². The highest BCUT2D eigenvalue weighted by Crippen LogP contribution is 2.44. The molecule has 2 unspecified atom stereocenters. The molecule has 0 aromatic heterocycles. The minimum atomic E-state index is 0.202. The Bertz CT molecular complexity index is 468. The molecular weight excluding hydrogens is 194 g/mol. The van der Waals surface area contributed by atoms with Crippen molar-refractivity contribution in [3.05, 3.63) is 54.1 Å².